The zero-order valence-electron chi connectivity index (χ0n) is 20.5. The van der Waals surface area contributed by atoms with Crippen molar-refractivity contribution in [2.45, 2.75) is 39.0 Å². The average Bonchev–Trinajstić information content (AvgIpc) is 2.90. The molecule has 0 heterocycles. The first-order chi connectivity index (χ1) is 17.1. The number of benzene rings is 4. The van der Waals surface area contributed by atoms with E-state index in [1.807, 2.05) is 48.5 Å². The molecule has 4 aromatic rings. The van der Waals surface area contributed by atoms with Gasteiger partial charge in [0.15, 0.2) is 0 Å². The normalized spacial score (nSPS) is 11.9. The van der Waals surface area contributed by atoms with Crippen LogP contribution in [0.5, 0.6) is 5.75 Å². The summed E-state index contributed by atoms with van der Waals surface area (Å²) in [5.41, 5.74) is 6.68. The highest BCUT2D eigenvalue weighted by Gasteiger charge is 2.09. The van der Waals surface area contributed by atoms with Gasteiger partial charge < -0.3 is 4.74 Å². The number of carbonyl (C=O) groups excluding carboxylic acids is 1. The first kappa shape index (κ1) is 24.2. The number of esters is 1. The van der Waals surface area contributed by atoms with Gasteiger partial charge in [0.2, 0.25) is 0 Å². The minimum atomic E-state index is -0.343. The summed E-state index contributed by atoms with van der Waals surface area (Å²) < 4.78 is 5.51. The lowest BCUT2D eigenvalue weighted by atomic mass is 9.93. The number of hydrogen-bond donors (Lipinski definition) is 0. The molecule has 0 aromatic heterocycles. The van der Waals surface area contributed by atoms with E-state index in [4.69, 9.17) is 4.74 Å². The maximum atomic E-state index is 12.5. The number of hydrogen-bond acceptors (Lipinski definition) is 2. The maximum Gasteiger partial charge on any atom is 0.343 e. The highest BCUT2D eigenvalue weighted by molar-refractivity contribution is 5.91. The first-order valence-electron chi connectivity index (χ1n) is 12.3. The van der Waals surface area contributed by atoms with Crippen molar-refractivity contribution in [1.82, 2.24) is 0 Å². The Labute approximate surface area is 208 Å². The van der Waals surface area contributed by atoms with Crippen LogP contribution in [0.1, 0.15) is 64.4 Å². The van der Waals surface area contributed by atoms with Crippen LogP contribution in [-0.2, 0) is 12.8 Å². The van der Waals surface area contributed by atoms with Gasteiger partial charge in [-0.3, -0.25) is 0 Å². The maximum absolute atomic E-state index is 12.5. The van der Waals surface area contributed by atoms with Crippen LogP contribution in [0.4, 0.5) is 0 Å². The van der Waals surface area contributed by atoms with E-state index in [-0.39, 0.29) is 5.97 Å². The molecule has 1 unspecified atom stereocenters. The van der Waals surface area contributed by atoms with Crippen molar-refractivity contribution in [3.8, 4) is 5.75 Å². The molecule has 4 aromatic carbocycles. The third kappa shape index (κ3) is 7.04. The molecule has 0 radical (unpaired) electrons. The first-order valence-corrected chi connectivity index (χ1v) is 12.3. The number of aryl methyl sites for hydroxylation is 1. The van der Waals surface area contributed by atoms with Gasteiger partial charge in [-0.25, -0.2) is 4.79 Å². The zero-order chi connectivity index (χ0) is 24.5. The van der Waals surface area contributed by atoms with E-state index in [0.29, 0.717) is 17.2 Å². The predicted octanol–water partition coefficient (Wildman–Crippen LogP) is 8.37. The predicted molar refractivity (Wildman–Crippen MR) is 146 cm³/mol. The Bertz CT molecular complexity index is 1240. The molecule has 0 aliphatic heterocycles. The topological polar surface area (TPSA) is 26.3 Å². The van der Waals surface area contributed by atoms with Gasteiger partial charge in [-0.05, 0) is 70.8 Å². The van der Waals surface area contributed by atoms with Gasteiger partial charge in [0.1, 0.15) is 5.75 Å². The molecule has 0 aliphatic rings. The molecule has 4 rings (SSSR count). The van der Waals surface area contributed by atoms with Gasteiger partial charge >= 0.3 is 5.97 Å². The molecule has 0 aliphatic carbocycles. The molecular formula is C33H32O2. The van der Waals surface area contributed by atoms with Crippen LogP contribution in [0.3, 0.4) is 0 Å². The highest BCUT2D eigenvalue weighted by Crippen LogP contribution is 2.21. The molecule has 0 bridgehead atoms. The van der Waals surface area contributed by atoms with Gasteiger partial charge in [-0.1, -0.05) is 111 Å². The van der Waals surface area contributed by atoms with Crippen molar-refractivity contribution in [3.63, 3.8) is 0 Å². The second kappa shape index (κ2) is 12.0. The van der Waals surface area contributed by atoms with Gasteiger partial charge in [-0.2, -0.15) is 0 Å². The third-order valence-electron chi connectivity index (χ3n) is 6.18. The highest BCUT2D eigenvalue weighted by atomic mass is 16.5. The summed E-state index contributed by atoms with van der Waals surface area (Å²) in [6.07, 6.45) is 7.30. The van der Waals surface area contributed by atoms with Crippen LogP contribution in [-0.4, -0.2) is 5.97 Å². The van der Waals surface area contributed by atoms with Gasteiger partial charge in [-0.15, -0.1) is 0 Å². The Morgan fingerprint density at radius 1 is 0.743 bits per heavy atom. The van der Waals surface area contributed by atoms with Crippen LogP contribution in [0, 0.1) is 0 Å². The lowest BCUT2D eigenvalue weighted by Crippen LogP contribution is -2.08. The van der Waals surface area contributed by atoms with E-state index in [0.717, 1.165) is 30.4 Å². The molecule has 176 valence electrons. The molecule has 0 amide bonds. The molecule has 2 heteroatoms. The number of ether oxygens (including phenoxy) is 1. The lowest BCUT2D eigenvalue weighted by molar-refractivity contribution is 0.0734. The molecule has 1 atom stereocenters. The number of carbonyl (C=O) groups is 1. The summed E-state index contributed by atoms with van der Waals surface area (Å²) in [7, 11) is 0. The molecule has 0 N–H and O–H groups in total. The zero-order valence-corrected chi connectivity index (χ0v) is 20.5. The van der Waals surface area contributed by atoms with Crippen LogP contribution >= 0.6 is 0 Å². The van der Waals surface area contributed by atoms with E-state index in [9.17, 15) is 4.79 Å². The molecule has 0 fully saturated rings. The largest absolute Gasteiger partial charge is 0.423 e. The van der Waals surface area contributed by atoms with Crippen LogP contribution < -0.4 is 4.74 Å². The molecule has 0 saturated heterocycles. The standard InChI is InChI=1S/C33H32O2/c1-3-7-26-18-22-32(23-19-26)35-33(34)31-20-16-28(17-21-31)11-10-27-12-14-29(15-13-27)24-25(2)30-8-5-4-6-9-30/h4-6,8-23,25H,3,7,24H2,1-2H3/b11-10+. The van der Waals surface area contributed by atoms with Crippen molar-refractivity contribution < 1.29 is 9.53 Å². The van der Waals surface area contributed by atoms with E-state index in [2.05, 4.69) is 80.6 Å². The lowest BCUT2D eigenvalue weighted by Gasteiger charge is -2.12. The molecule has 0 spiro atoms. The fourth-order valence-corrected chi connectivity index (χ4v) is 4.12. The SMILES string of the molecule is CCCc1ccc(OC(=O)c2ccc(/C=C/c3ccc(CC(C)c4ccccc4)cc3)cc2)cc1. The minimum Gasteiger partial charge on any atom is -0.423 e. The van der Waals surface area contributed by atoms with Gasteiger partial charge in [0.25, 0.3) is 0 Å². The summed E-state index contributed by atoms with van der Waals surface area (Å²) in [6, 6.07) is 34.6. The molecular weight excluding hydrogens is 428 g/mol. The Hall–Kier alpha value is -3.91. The molecule has 2 nitrogen and oxygen atoms in total. The third-order valence-corrected chi connectivity index (χ3v) is 6.18. The second-order valence-electron chi connectivity index (χ2n) is 9.00. The van der Waals surface area contributed by atoms with Crippen molar-refractivity contribution in [1.29, 1.82) is 0 Å². The van der Waals surface area contributed by atoms with Crippen LogP contribution in [0.15, 0.2) is 103 Å². The van der Waals surface area contributed by atoms with E-state index < -0.39 is 0 Å². The van der Waals surface area contributed by atoms with E-state index >= 15 is 0 Å². The second-order valence-corrected chi connectivity index (χ2v) is 9.00. The van der Waals surface area contributed by atoms with Crippen LogP contribution in [0.2, 0.25) is 0 Å². The quantitative estimate of drug-likeness (QED) is 0.142. The van der Waals surface area contributed by atoms with Crippen molar-refractivity contribution in [3.05, 3.63) is 137 Å². The summed E-state index contributed by atoms with van der Waals surface area (Å²) in [5.74, 6) is 0.716. The van der Waals surface area contributed by atoms with Crippen molar-refractivity contribution in [2.75, 3.05) is 0 Å². The Balaban J connectivity index is 1.32. The summed E-state index contributed by atoms with van der Waals surface area (Å²) >= 11 is 0. The Kier molecular flexibility index (Phi) is 8.30. The summed E-state index contributed by atoms with van der Waals surface area (Å²) in [4.78, 5) is 12.5. The van der Waals surface area contributed by atoms with Crippen molar-refractivity contribution >= 4 is 18.1 Å². The number of rotatable bonds is 9. The molecule has 0 saturated carbocycles. The fraction of sp³-hybridized carbons (Fsp3) is 0.182. The fourth-order valence-electron chi connectivity index (χ4n) is 4.12. The Morgan fingerprint density at radius 3 is 1.91 bits per heavy atom. The van der Waals surface area contributed by atoms with Crippen molar-refractivity contribution in [2.24, 2.45) is 0 Å². The monoisotopic (exact) mass is 460 g/mol. The van der Waals surface area contributed by atoms with Gasteiger partial charge in [0, 0.05) is 0 Å². The van der Waals surface area contributed by atoms with E-state index in [1.165, 1.54) is 16.7 Å². The summed E-state index contributed by atoms with van der Waals surface area (Å²) in [5, 5.41) is 0. The Morgan fingerprint density at radius 2 is 1.31 bits per heavy atom. The van der Waals surface area contributed by atoms with Gasteiger partial charge in [0.05, 0.1) is 5.56 Å². The van der Waals surface area contributed by atoms with E-state index in [1.54, 1.807) is 0 Å². The minimum absolute atomic E-state index is 0.343. The van der Waals surface area contributed by atoms with Crippen LogP contribution in [0.25, 0.3) is 12.2 Å². The smallest absolute Gasteiger partial charge is 0.343 e. The average molecular weight is 461 g/mol. The molecule has 35 heavy (non-hydrogen) atoms. The summed E-state index contributed by atoms with van der Waals surface area (Å²) in [6.45, 7) is 4.42.